The highest BCUT2D eigenvalue weighted by molar-refractivity contribution is 7.71. The number of H-pyrrole nitrogens is 1. The van der Waals surface area contributed by atoms with Crippen LogP contribution in [0.3, 0.4) is 0 Å². The van der Waals surface area contributed by atoms with Crippen LogP contribution in [0.2, 0.25) is 0 Å². The molecule has 0 amide bonds. The Bertz CT molecular complexity index is 861. The molecule has 7 heteroatoms. The van der Waals surface area contributed by atoms with Crippen LogP contribution in [-0.2, 0) is 13.0 Å². The summed E-state index contributed by atoms with van der Waals surface area (Å²) >= 11 is 5.20. The lowest BCUT2D eigenvalue weighted by Gasteiger charge is -2.07. The number of benzene rings is 1. The van der Waals surface area contributed by atoms with Crippen molar-refractivity contribution in [3.63, 3.8) is 0 Å². The second-order valence-electron chi connectivity index (χ2n) is 5.53. The van der Waals surface area contributed by atoms with Gasteiger partial charge in [-0.1, -0.05) is 31.2 Å². The van der Waals surface area contributed by atoms with Gasteiger partial charge in [0, 0.05) is 12.0 Å². The Morgan fingerprint density at radius 3 is 2.71 bits per heavy atom. The van der Waals surface area contributed by atoms with Crippen LogP contribution in [-0.4, -0.2) is 20.0 Å². The fourth-order valence-electron chi connectivity index (χ4n) is 2.44. The maximum atomic E-state index is 9.56. The number of aryl methyl sites for hydroxylation is 1. The van der Waals surface area contributed by atoms with Gasteiger partial charge >= 0.3 is 0 Å². The number of hydrogen-bond donors (Lipinski definition) is 3. The zero-order valence-corrected chi connectivity index (χ0v) is 14.4. The standard InChI is InChI=1S/C17H20N4O2S/c1-3-16-19-20-17(24)21(16)18-10-14-8-9-15(23-14)13-6-4-12(5-7-13)11(2)22/h4-9,11,18,22H,3,10H2,1-2H3,(H,20,24)/t11-/m0/s1. The van der Waals surface area contributed by atoms with Gasteiger partial charge < -0.3 is 14.9 Å². The number of rotatable bonds is 6. The minimum atomic E-state index is -0.470. The van der Waals surface area contributed by atoms with Crippen molar-refractivity contribution >= 4 is 12.2 Å². The lowest BCUT2D eigenvalue weighted by Crippen LogP contribution is -2.16. The Labute approximate surface area is 145 Å². The van der Waals surface area contributed by atoms with Gasteiger partial charge in [-0.15, -0.1) is 0 Å². The molecular formula is C17H20N4O2S. The van der Waals surface area contributed by atoms with Gasteiger partial charge in [0.2, 0.25) is 4.77 Å². The quantitative estimate of drug-likeness (QED) is 0.596. The molecule has 0 fully saturated rings. The number of nitrogens with one attached hydrogen (secondary N) is 2. The maximum absolute atomic E-state index is 9.56. The van der Waals surface area contributed by atoms with E-state index in [1.54, 1.807) is 11.6 Å². The van der Waals surface area contributed by atoms with Gasteiger partial charge in [-0.05, 0) is 36.8 Å². The van der Waals surface area contributed by atoms with Gasteiger partial charge in [-0.3, -0.25) is 5.10 Å². The van der Waals surface area contributed by atoms with Crippen LogP contribution >= 0.6 is 12.2 Å². The van der Waals surface area contributed by atoms with Crippen LogP contribution in [0.25, 0.3) is 11.3 Å². The fraction of sp³-hybridized carbons (Fsp3) is 0.294. The molecule has 3 aromatic rings. The van der Waals surface area contributed by atoms with E-state index >= 15 is 0 Å². The number of aliphatic hydroxyl groups is 1. The summed E-state index contributed by atoms with van der Waals surface area (Å²) in [6.45, 7) is 4.27. The summed E-state index contributed by atoms with van der Waals surface area (Å²) in [6.07, 6.45) is 0.307. The Kier molecular flexibility index (Phi) is 4.82. The molecule has 0 saturated heterocycles. The van der Waals surface area contributed by atoms with E-state index in [-0.39, 0.29) is 0 Å². The highest BCUT2D eigenvalue weighted by Gasteiger charge is 2.08. The van der Waals surface area contributed by atoms with Crippen LogP contribution in [0, 0.1) is 4.77 Å². The number of nitrogens with zero attached hydrogens (tertiary/aromatic N) is 2. The summed E-state index contributed by atoms with van der Waals surface area (Å²) in [6, 6.07) is 11.6. The maximum Gasteiger partial charge on any atom is 0.214 e. The summed E-state index contributed by atoms with van der Waals surface area (Å²) in [5.74, 6) is 2.44. The summed E-state index contributed by atoms with van der Waals surface area (Å²) in [5.41, 5.74) is 5.06. The van der Waals surface area contributed by atoms with E-state index in [0.29, 0.717) is 11.3 Å². The third-order valence-corrected chi connectivity index (χ3v) is 4.08. The molecule has 3 N–H and O–H groups in total. The first kappa shape index (κ1) is 16.5. The number of hydrogen-bond acceptors (Lipinski definition) is 5. The minimum Gasteiger partial charge on any atom is -0.459 e. The van der Waals surface area contributed by atoms with Gasteiger partial charge in [0.05, 0.1) is 12.6 Å². The molecule has 0 aliphatic heterocycles. The van der Waals surface area contributed by atoms with Gasteiger partial charge in [-0.25, -0.2) is 4.68 Å². The van der Waals surface area contributed by atoms with Crippen LogP contribution in [0.1, 0.15) is 37.1 Å². The second-order valence-corrected chi connectivity index (χ2v) is 5.92. The summed E-state index contributed by atoms with van der Waals surface area (Å²) < 4.78 is 8.17. The van der Waals surface area contributed by atoms with Crippen molar-refractivity contribution in [1.82, 2.24) is 14.9 Å². The predicted molar refractivity (Wildman–Crippen MR) is 94.6 cm³/mol. The molecule has 0 spiro atoms. The molecule has 1 aromatic carbocycles. The molecule has 3 rings (SSSR count). The number of aliphatic hydroxyl groups excluding tert-OH is 1. The molecule has 1 atom stereocenters. The SMILES string of the molecule is CCc1n[nH]c(=S)n1NCc1ccc(-c2ccc([C@H](C)O)cc2)o1. The third kappa shape index (κ3) is 3.42. The van der Waals surface area contributed by atoms with Crippen LogP contribution in [0.5, 0.6) is 0 Å². The largest absolute Gasteiger partial charge is 0.459 e. The van der Waals surface area contributed by atoms with Gasteiger partial charge in [0.25, 0.3) is 0 Å². The van der Waals surface area contributed by atoms with Crippen molar-refractivity contribution in [1.29, 1.82) is 0 Å². The first-order valence-corrected chi connectivity index (χ1v) is 8.26. The molecule has 2 heterocycles. The van der Waals surface area contributed by atoms with E-state index in [1.165, 1.54) is 0 Å². The molecule has 0 aliphatic rings. The van der Waals surface area contributed by atoms with E-state index in [1.807, 2.05) is 43.3 Å². The Morgan fingerprint density at radius 1 is 1.29 bits per heavy atom. The second kappa shape index (κ2) is 7.02. The lowest BCUT2D eigenvalue weighted by atomic mass is 10.1. The van der Waals surface area contributed by atoms with E-state index in [0.717, 1.165) is 34.9 Å². The molecule has 0 aliphatic carbocycles. The summed E-state index contributed by atoms with van der Waals surface area (Å²) in [7, 11) is 0. The van der Waals surface area contributed by atoms with Gasteiger partial charge in [0.1, 0.15) is 11.5 Å². The monoisotopic (exact) mass is 344 g/mol. The normalized spacial score (nSPS) is 12.3. The number of aromatic amines is 1. The van der Waals surface area contributed by atoms with Crippen molar-refractivity contribution in [2.75, 3.05) is 5.43 Å². The minimum absolute atomic E-state index is 0.470. The molecular weight excluding hydrogens is 324 g/mol. The number of furan rings is 1. The van der Waals surface area contributed by atoms with Crippen LogP contribution < -0.4 is 5.43 Å². The predicted octanol–water partition coefficient (Wildman–Crippen LogP) is 3.56. The molecule has 126 valence electrons. The first-order chi connectivity index (χ1) is 11.6. The molecule has 0 saturated carbocycles. The zero-order valence-electron chi connectivity index (χ0n) is 13.6. The average Bonchev–Trinajstić information content (AvgIpc) is 3.19. The van der Waals surface area contributed by atoms with E-state index < -0.39 is 6.10 Å². The lowest BCUT2D eigenvalue weighted by molar-refractivity contribution is 0.199. The molecule has 0 unspecified atom stereocenters. The topological polar surface area (TPSA) is 79.0 Å². The van der Waals surface area contributed by atoms with Crippen LogP contribution in [0.15, 0.2) is 40.8 Å². The highest BCUT2D eigenvalue weighted by atomic mass is 32.1. The van der Waals surface area contributed by atoms with Crippen molar-refractivity contribution in [2.45, 2.75) is 32.9 Å². The smallest absolute Gasteiger partial charge is 0.214 e. The van der Waals surface area contributed by atoms with E-state index in [4.69, 9.17) is 16.6 Å². The molecule has 2 aromatic heterocycles. The Morgan fingerprint density at radius 2 is 2.04 bits per heavy atom. The summed E-state index contributed by atoms with van der Waals surface area (Å²) in [4.78, 5) is 0. The Hall–Kier alpha value is -2.38. The first-order valence-electron chi connectivity index (χ1n) is 7.85. The molecule has 0 bridgehead atoms. The molecule has 0 radical (unpaired) electrons. The van der Waals surface area contributed by atoms with Crippen LogP contribution in [0.4, 0.5) is 0 Å². The fourth-order valence-corrected chi connectivity index (χ4v) is 2.66. The van der Waals surface area contributed by atoms with E-state index in [2.05, 4.69) is 15.6 Å². The van der Waals surface area contributed by atoms with Crippen molar-refractivity contribution in [3.8, 4) is 11.3 Å². The third-order valence-electron chi connectivity index (χ3n) is 3.81. The van der Waals surface area contributed by atoms with Crippen molar-refractivity contribution in [3.05, 3.63) is 58.3 Å². The highest BCUT2D eigenvalue weighted by Crippen LogP contribution is 2.24. The van der Waals surface area contributed by atoms with Crippen molar-refractivity contribution in [2.24, 2.45) is 0 Å². The zero-order chi connectivity index (χ0) is 17.1. The number of aromatic nitrogens is 3. The van der Waals surface area contributed by atoms with Gasteiger partial charge in [-0.2, -0.15) is 5.10 Å². The molecule has 24 heavy (non-hydrogen) atoms. The Balaban J connectivity index is 1.71. The van der Waals surface area contributed by atoms with E-state index in [9.17, 15) is 5.11 Å². The molecule has 6 nitrogen and oxygen atoms in total. The van der Waals surface area contributed by atoms with Crippen molar-refractivity contribution < 1.29 is 9.52 Å². The van der Waals surface area contributed by atoms with Gasteiger partial charge in [0.15, 0.2) is 5.82 Å². The average molecular weight is 344 g/mol. The summed E-state index contributed by atoms with van der Waals surface area (Å²) in [5, 5.41) is 16.5.